The molecule has 6 heteroatoms. The molecular weight excluding hydrogens is 605 g/mol. The van der Waals surface area contributed by atoms with E-state index in [1.165, 1.54) is 205 Å². The van der Waals surface area contributed by atoms with Gasteiger partial charge in [-0.15, -0.1) is 0 Å². The molecule has 0 aliphatic carbocycles. The minimum atomic E-state index is -4.00. The maximum absolute atomic E-state index is 11.5. The van der Waals surface area contributed by atoms with Gasteiger partial charge in [0, 0.05) is 0 Å². The third-order valence-electron chi connectivity index (χ3n) is 10.1. The molecule has 0 amide bonds. The fraction of sp³-hybridized carbons (Fsp3) is 1.00. The third kappa shape index (κ3) is 36.9. The van der Waals surface area contributed by atoms with Crippen molar-refractivity contribution in [2.75, 3.05) is 13.7 Å². The predicted octanol–water partition coefficient (Wildman–Crippen LogP) is 13.6. The van der Waals surface area contributed by atoms with Crippen molar-refractivity contribution in [3.63, 3.8) is 0 Å². The van der Waals surface area contributed by atoms with Gasteiger partial charge in [-0.1, -0.05) is 232 Å². The first-order valence-corrected chi connectivity index (χ1v) is 22.4. The molecule has 1 atom stereocenters. The molecule has 0 aromatic heterocycles. The molecule has 1 N–H and O–H groups in total. The molecule has 0 saturated heterocycles. The van der Waals surface area contributed by atoms with Gasteiger partial charge in [0.05, 0.1) is 19.8 Å². The van der Waals surface area contributed by atoms with Crippen molar-refractivity contribution in [2.45, 2.75) is 245 Å². The summed E-state index contributed by atoms with van der Waals surface area (Å²) < 4.78 is 32.2. The van der Waals surface area contributed by atoms with Gasteiger partial charge in [0.1, 0.15) is 0 Å². The van der Waals surface area contributed by atoms with Gasteiger partial charge in [-0.25, -0.2) is 4.18 Å². The van der Waals surface area contributed by atoms with E-state index >= 15 is 0 Å². The molecule has 0 spiro atoms. The molecule has 47 heavy (non-hydrogen) atoms. The highest BCUT2D eigenvalue weighted by Gasteiger charge is 2.18. The Hall–Kier alpha value is -0.170. The lowest BCUT2D eigenvalue weighted by atomic mass is 9.89. The molecule has 0 rings (SSSR count). The van der Waals surface area contributed by atoms with Crippen molar-refractivity contribution in [3.8, 4) is 0 Å². The molecule has 0 radical (unpaired) electrons. The third-order valence-corrected chi connectivity index (χ3v) is 11.0. The van der Waals surface area contributed by atoms with Crippen LogP contribution in [0.4, 0.5) is 0 Å². The van der Waals surface area contributed by atoms with Crippen LogP contribution in [0.3, 0.4) is 0 Å². The molecule has 0 aliphatic heterocycles. The summed E-state index contributed by atoms with van der Waals surface area (Å²) >= 11 is 0. The van der Waals surface area contributed by atoms with Crippen LogP contribution in [0.25, 0.3) is 0 Å². The van der Waals surface area contributed by atoms with Crippen LogP contribution >= 0.6 is 0 Å². The van der Waals surface area contributed by atoms with Crippen LogP contribution in [0.15, 0.2) is 0 Å². The zero-order chi connectivity index (χ0) is 34.5. The van der Waals surface area contributed by atoms with E-state index in [1.54, 1.807) is 0 Å². The Morgan fingerprint density at radius 3 is 0.957 bits per heavy atom. The summed E-state index contributed by atoms with van der Waals surface area (Å²) in [4.78, 5) is 0. The van der Waals surface area contributed by atoms with E-state index in [9.17, 15) is 13.5 Å². The van der Waals surface area contributed by atoms with E-state index in [2.05, 4.69) is 18.0 Å². The molecule has 0 heterocycles. The Bertz CT molecular complexity index is 662. The molecule has 0 aromatic carbocycles. The number of rotatable bonds is 40. The van der Waals surface area contributed by atoms with Crippen LogP contribution < -0.4 is 0 Å². The van der Waals surface area contributed by atoms with Gasteiger partial charge in [-0.2, -0.15) is 8.42 Å². The van der Waals surface area contributed by atoms with Crippen LogP contribution in [0.1, 0.15) is 239 Å². The summed E-state index contributed by atoms with van der Waals surface area (Å²) in [5, 5.41) is 10.5. The number of hydrogen-bond acceptors (Lipinski definition) is 5. The lowest BCUT2D eigenvalue weighted by Crippen LogP contribution is -2.22. The molecule has 0 aromatic rings. The average Bonchev–Trinajstić information content (AvgIpc) is 3.06. The second-order valence-corrected chi connectivity index (χ2v) is 16.2. The number of unbranched alkanes of at least 4 members (excludes halogenated alkanes) is 30. The standard InChI is InChI=1S/C41H84O5S/c1-4-6-8-10-12-14-16-18-20-22-24-26-28-30-32-34-36-40(38-41(42)39-46-47(43,44)45-3)37-35-33-31-29-27-25-23-21-19-17-15-13-11-9-7-5-2/h40-42H,4-39H2,1-3H3. The van der Waals surface area contributed by atoms with Crippen LogP contribution in [-0.4, -0.2) is 33.3 Å². The van der Waals surface area contributed by atoms with Crippen molar-refractivity contribution in [3.05, 3.63) is 0 Å². The minimum absolute atomic E-state index is 0.218. The van der Waals surface area contributed by atoms with Gasteiger partial charge in [-0.05, 0) is 12.3 Å². The van der Waals surface area contributed by atoms with Crippen molar-refractivity contribution >= 4 is 10.4 Å². The lowest BCUT2D eigenvalue weighted by molar-refractivity contribution is 0.0757. The van der Waals surface area contributed by atoms with E-state index in [0.29, 0.717) is 12.3 Å². The molecule has 0 fully saturated rings. The predicted molar refractivity (Wildman–Crippen MR) is 204 cm³/mol. The first-order chi connectivity index (χ1) is 22.9. The molecule has 0 bridgehead atoms. The number of hydrogen-bond donors (Lipinski definition) is 1. The summed E-state index contributed by atoms with van der Waals surface area (Å²) in [6.07, 6.45) is 46.0. The summed E-state index contributed by atoms with van der Waals surface area (Å²) in [5.74, 6) is 0.428. The monoisotopic (exact) mass is 689 g/mol. The van der Waals surface area contributed by atoms with E-state index in [0.717, 1.165) is 20.0 Å². The zero-order valence-electron chi connectivity index (χ0n) is 32.1. The Balaban J connectivity index is 3.96. The summed E-state index contributed by atoms with van der Waals surface area (Å²) in [7, 11) is -2.92. The molecule has 1 unspecified atom stereocenters. The SMILES string of the molecule is CCCCCCCCCCCCCCCCCCC(CCCCCCCCCCCCCCCCCC)CC(O)COS(=O)(=O)OC. The summed E-state index contributed by atoms with van der Waals surface area (Å²) in [6.45, 7) is 4.35. The number of aliphatic hydroxyl groups is 1. The first kappa shape index (κ1) is 46.8. The average molecular weight is 689 g/mol. The quantitative estimate of drug-likeness (QED) is 0.0649. The van der Waals surface area contributed by atoms with Gasteiger partial charge in [-0.3, -0.25) is 4.18 Å². The van der Waals surface area contributed by atoms with Gasteiger partial charge in [0.2, 0.25) is 0 Å². The van der Waals surface area contributed by atoms with Gasteiger partial charge in [0.15, 0.2) is 0 Å². The summed E-state index contributed by atoms with van der Waals surface area (Å²) in [5.41, 5.74) is 0. The van der Waals surface area contributed by atoms with E-state index in [-0.39, 0.29) is 6.61 Å². The Morgan fingerprint density at radius 2 is 0.702 bits per heavy atom. The van der Waals surface area contributed by atoms with Crippen LogP contribution in [0, 0.1) is 5.92 Å². The largest absolute Gasteiger partial charge is 0.399 e. The van der Waals surface area contributed by atoms with E-state index in [1.807, 2.05) is 0 Å². The summed E-state index contributed by atoms with van der Waals surface area (Å²) in [6, 6.07) is 0. The van der Waals surface area contributed by atoms with Gasteiger partial charge in [0.25, 0.3) is 0 Å². The van der Waals surface area contributed by atoms with Crippen LogP contribution in [-0.2, 0) is 18.8 Å². The molecule has 0 aliphatic rings. The Labute approximate surface area is 295 Å². The minimum Gasteiger partial charge on any atom is -0.391 e. The van der Waals surface area contributed by atoms with Crippen LogP contribution in [0.2, 0.25) is 0 Å². The molecular formula is C41H84O5S. The highest BCUT2D eigenvalue weighted by molar-refractivity contribution is 7.81. The van der Waals surface area contributed by atoms with E-state index < -0.39 is 16.5 Å². The van der Waals surface area contributed by atoms with Crippen molar-refractivity contribution < 1.29 is 21.9 Å². The molecule has 0 saturated carbocycles. The van der Waals surface area contributed by atoms with Crippen LogP contribution in [0.5, 0.6) is 0 Å². The fourth-order valence-corrected chi connectivity index (χ4v) is 7.43. The van der Waals surface area contributed by atoms with Crippen molar-refractivity contribution in [1.29, 1.82) is 0 Å². The molecule has 5 nitrogen and oxygen atoms in total. The second kappa shape index (κ2) is 37.1. The first-order valence-electron chi connectivity index (χ1n) is 21.1. The smallest absolute Gasteiger partial charge is 0.391 e. The Kier molecular flexibility index (Phi) is 37.0. The lowest BCUT2D eigenvalue weighted by Gasteiger charge is -2.20. The normalized spacial score (nSPS) is 12.8. The fourth-order valence-electron chi connectivity index (χ4n) is 7.01. The van der Waals surface area contributed by atoms with Gasteiger partial charge < -0.3 is 5.11 Å². The highest BCUT2D eigenvalue weighted by Crippen LogP contribution is 2.24. The zero-order valence-corrected chi connectivity index (χ0v) is 32.9. The highest BCUT2D eigenvalue weighted by atomic mass is 32.3. The maximum Gasteiger partial charge on any atom is 0.399 e. The second-order valence-electron chi connectivity index (χ2n) is 14.8. The van der Waals surface area contributed by atoms with Gasteiger partial charge >= 0.3 is 10.4 Å². The number of aliphatic hydroxyl groups excluding tert-OH is 1. The molecule has 284 valence electrons. The van der Waals surface area contributed by atoms with Crippen molar-refractivity contribution in [2.24, 2.45) is 5.92 Å². The van der Waals surface area contributed by atoms with E-state index in [4.69, 9.17) is 4.18 Å². The topological polar surface area (TPSA) is 72.8 Å². The van der Waals surface area contributed by atoms with Crippen molar-refractivity contribution in [1.82, 2.24) is 0 Å². The maximum atomic E-state index is 11.5. The Morgan fingerprint density at radius 1 is 0.447 bits per heavy atom.